The van der Waals surface area contributed by atoms with Gasteiger partial charge in [-0.15, -0.1) is 0 Å². The zero-order valence-electron chi connectivity index (χ0n) is 8.76. The number of aromatic nitrogens is 1. The summed E-state index contributed by atoms with van der Waals surface area (Å²) in [5.41, 5.74) is -0.711. The molecule has 0 aliphatic carbocycles. The number of carbonyl (C=O) groups excluding carboxylic acids is 1. The van der Waals surface area contributed by atoms with E-state index in [0.29, 0.717) is 6.20 Å². The van der Waals surface area contributed by atoms with Gasteiger partial charge in [-0.25, -0.2) is 9.78 Å². The molecule has 6 heteroatoms. The van der Waals surface area contributed by atoms with Crippen LogP contribution in [0.1, 0.15) is 28.5 Å². The standard InChI is InChI=1S/C10H10F3NO2/c1-3-6-4-7(10(11,12)13)5-14-8(6)9(15)16-2/h4-5H,3H2,1-2H3. The maximum Gasteiger partial charge on any atom is 0.417 e. The third-order valence-corrected chi connectivity index (χ3v) is 2.05. The van der Waals surface area contributed by atoms with Crippen LogP contribution in [0.4, 0.5) is 13.2 Å². The Kier molecular flexibility index (Phi) is 3.51. The Morgan fingerprint density at radius 2 is 2.12 bits per heavy atom. The first kappa shape index (κ1) is 12.5. The van der Waals surface area contributed by atoms with Crippen molar-refractivity contribution in [2.45, 2.75) is 19.5 Å². The van der Waals surface area contributed by atoms with E-state index in [1.165, 1.54) is 0 Å². The van der Waals surface area contributed by atoms with E-state index in [0.717, 1.165) is 13.2 Å². The lowest BCUT2D eigenvalue weighted by Gasteiger charge is -2.10. The monoisotopic (exact) mass is 233 g/mol. The molecule has 0 bridgehead atoms. The minimum atomic E-state index is -4.45. The van der Waals surface area contributed by atoms with Crippen molar-refractivity contribution in [3.05, 3.63) is 29.1 Å². The second-order valence-corrected chi connectivity index (χ2v) is 3.07. The summed E-state index contributed by atoms with van der Waals surface area (Å²) in [4.78, 5) is 14.7. The summed E-state index contributed by atoms with van der Waals surface area (Å²) in [5.74, 6) is -0.731. The van der Waals surface area contributed by atoms with Crippen LogP contribution >= 0.6 is 0 Å². The molecule has 1 rings (SSSR count). The number of hydrogen-bond acceptors (Lipinski definition) is 3. The second kappa shape index (κ2) is 4.51. The number of aryl methyl sites for hydroxylation is 1. The smallest absolute Gasteiger partial charge is 0.417 e. The molecule has 0 spiro atoms. The van der Waals surface area contributed by atoms with Gasteiger partial charge in [0.25, 0.3) is 0 Å². The molecule has 0 saturated heterocycles. The molecule has 1 aromatic heterocycles. The Hall–Kier alpha value is -1.59. The van der Waals surface area contributed by atoms with Gasteiger partial charge >= 0.3 is 12.1 Å². The number of esters is 1. The van der Waals surface area contributed by atoms with Crippen molar-refractivity contribution < 1.29 is 22.7 Å². The predicted octanol–water partition coefficient (Wildman–Crippen LogP) is 2.45. The van der Waals surface area contributed by atoms with E-state index < -0.39 is 17.7 Å². The van der Waals surface area contributed by atoms with Crippen LogP contribution in [0.15, 0.2) is 12.3 Å². The van der Waals surface area contributed by atoms with Crippen molar-refractivity contribution in [1.82, 2.24) is 4.98 Å². The molecule has 0 amide bonds. The van der Waals surface area contributed by atoms with Gasteiger partial charge in [-0.2, -0.15) is 13.2 Å². The molecule has 0 aromatic carbocycles. The average Bonchev–Trinajstić information content (AvgIpc) is 2.26. The summed E-state index contributed by atoms with van der Waals surface area (Å²) in [6.07, 6.45) is -3.54. The fourth-order valence-electron chi connectivity index (χ4n) is 1.22. The van der Waals surface area contributed by atoms with Crippen LogP contribution in [-0.4, -0.2) is 18.1 Å². The summed E-state index contributed by atoms with van der Waals surface area (Å²) in [7, 11) is 1.15. The van der Waals surface area contributed by atoms with E-state index in [1.807, 2.05) is 0 Å². The van der Waals surface area contributed by atoms with E-state index in [1.54, 1.807) is 6.92 Å². The molecule has 0 unspecified atom stereocenters. The van der Waals surface area contributed by atoms with E-state index >= 15 is 0 Å². The molecule has 1 aromatic rings. The van der Waals surface area contributed by atoms with Gasteiger partial charge in [0, 0.05) is 6.20 Å². The number of alkyl halides is 3. The molecular weight excluding hydrogens is 223 g/mol. The van der Waals surface area contributed by atoms with E-state index in [-0.39, 0.29) is 17.7 Å². The maximum absolute atomic E-state index is 12.4. The summed E-state index contributed by atoms with van der Waals surface area (Å²) in [6, 6.07) is 0.916. The molecule has 0 N–H and O–H groups in total. The molecule has 3 nitrogen and oxygen atoms in total. The zero-order valence-corrected chi connectivity index (χ0v) is 8.76. The van der Waals surface area contributed by atoms with E-state index in [9.17, 15) is 18.0 Å². The van der Waals surface area contributed by atoms with Crippen LogP contribution in [0.5, 0.6) is 0 Å². The lowest BCUT2D eigenvalue weighted by Crippen LogP contribution is -2.12. The van der Waals surface area contributed by atoms with Crippen molar-refractivity contribution in [2.24, 2.45) is 0 Å². The molecule has 0 saturated carbocycles. The molecule has 0 atom stereocenters. The average molecular weight is 233 g/mol. The lowest BCUT2D eigenvalue weighted by molar-refractivity contribution is -0.137. The molecule has 0 aliphatic rings. The van der Waals surface area contributed by atoms with E-state index in [2.05, 4.69) is 9.72 Å². The summed E-state index contributed by atoms with van der Waals surface area (Å²) in [6.45, 7) is 1.64. The van der Waals surface area contributed by atoms with Gasteiger partial charge in [-0.1, -0.05) is 6.92 Å². The van der Waals surface area contributed by atoms with Crippen molar-refractivity contribution in [3.63, 3.8) is 0 Å². The molecule has 0 fully saturated rings. The summed E-state index contributed by atoms with van der Waals surface area (Å²) in [5, 5.41) is 0. The highest BCUT2D eigenvalue weighted by Gasteiger charge is 2.32. The van der Waals surface area contributed by atoms with Gasteiger partial charge in [0.05, 0.1) is 12.7 Å². The third kappa shape index (κ3) is 2.50. The number of pyridine rings is 1. The van der Waals surface area contributed by atoms with Gasteiger partial charge in [0.1, 0.15) is 0 Å². The first-order chi connectivity index (χ1) is 7.40. The third-order valence-electron chi connectivity index (χ3n) is 2.05. The largest absolute Gasteiger partial charge is 0.464 e. The summed E-state index contributed by atoms with van der Waals surface area (Å²) < 4.78 is 41.5. The highest BCUT2D eigenvalue weighted by Crippen LogP contribution is 2.29. The highest BCUT2D eigenvalue weighted by atomic mass is 19.4. The number of hydrogen-bond donors (Lipinski definition) is 0. The van der Waals surface area contributed by atoms with Crippen LogP contribution in [0.25, 0.3) is 0 Å². The minimum absolute atomic E-state index is 0.0713. The van der Waals surface area contributed by atoms with Crippen molar-refractivity contribution in [2.75, 3.05) is 7.11 Å². The fraction of sp³-hybridized carbons (Fsp3) is 0.400. The van der Waals surface area contributed by atoms with Crippen molar-refractivity contribution in [1.29, 1.82) is 0 Å². The SMILES string of the molecule is CCc1cc(C(F)(F)F)cnc1C(=O)OC. The quantitative estimate of drug-likeness (QED) is 0.736. The van der Waals surface area contributed by atoms with Crippen LogP contribution in [0, 0.1) is 0 Å². The highest BCUT2D eigenvalue weighted by molar-refractivity contribution is 5.88. The number of ether oxygens (including phenoxy) is 1. The Morgan fingerprint density at radius 1 is 1.50 bits per heavy atom. The molecule has 1 heterocycles. The number of halogens is 3. The molecule has 0 radical (unpaired) electrons. The van der Waals surface area contributed by atoms with Gasteiger partial charge < -0.3 is 4.74 Å². The van der Waals surface area contributed by atoms with Crippen LogP contribution in [0.2, 0.25) is 0 Å². The molecular formula is C10H10F3NO2. The number of carbonyl (C=O) groups is 1. The van der Waals surface area contributed by atoms with Crippen LogP contribution < -0.4 is 0 Å². The first-order valence-electron chi connectivity index (χ1n) is 4.54. The van der Waals surface area contributed by atoms with Crippen molar-refractivity contribution >= 4 is 5.97 Å². The molecule has 88 valence electrons. The Balaban J connectivity index is 3.22. The predicted molar refractivity (Wildman–Crippen MR) is 50.0 cm³/mol. The zero-order chi connectivity index (χ0) is 12.3. The molecule has 16 heavy (non-hydrogen) atoms. The number of nitrogens with zero attached hydrogens (tertiary/aromatic N) is 1. The normalized spacial score (nSPS) is 11.3. The topological polar surface area (TPSA) is 39.2 Å². The minimum Gasteiger partial charge on any atom is -0.464 e. The van der Waals surface area contributed by atoms with E-state index in [4.69, 9.17) is 0 Å². The van der Waals surface area contributed by atoms with Gasteiger partial charge in [0.2, 0.25) is 0 Å². The van der Waals surface area contributed by atoms with Gasteiger partial charge in [-0.3, -0.25) is 0 Å². The van der Waals surface area contributed by atoms with Gasteiger partial charge in [0.15, 0.2) is 5.69 Å². The van der Waals surface area contributed by atoms with Crippen molar-refractivity contribution in [3.8, 4) is 0 Å². The van der Waals surface area contributed by atoms with Crippen LogP contribution in [0.3, 0.4) is 0 Å². The lowest BCUT2D eigenvalue weighted by atomic mass is 10.1. The fourth-order valence-corrected chi connectivity index (χ4v) is 1.22. The number of rotatable bonds is 2. The summed E-state index contributed by atoms with van der Waals surface area (Å²) >= 11 is 0. The first-order valence-corrected chi connectivity index (χ1v) is 4.54. The number of methoxy groups -OCH3 is 1. The Morgan fingerprint density at radius 3 is 2.56 bits per heavy atom. The molecule has 0 aliphatic heterocycles. The second-order valence-electron chi connectivity index (χ2n) is 3.07. The maximum atomic E-state index is 12.4. The van der Waals surface area contributed by atoms with Crippen LogP contribution in [-0.2, 0) is 17.3 Å². The van der Waals surface area contributed by atoms with Gasteiger partial charge in [-0.05, 0) is 18.1 Å². The Bertz CT molecular complexity index is 402. The Labute approximate surface area is 90.2 Å².